The molecule has 0 saturated heterocycles. The van der Waals surface area contributed by atoms with Crippen molar-refractivity contribution in [1.29, 1.82) is 0 Å². The normalized spacial score (nSPS) is 8.40. The third kappa shape index (κ3) is 4.97. The number of hydrogen-bond acceptors (Lipinski definition) is 1. The first-order valence-electron chi connectivity index (χ1n) is 0.786. The second kappa shape index (κ2) is 4.97. The molecule has 0 N–H and O–H groups in total. The fourth-order valence-corrected chi connectivity index (χ4v) is 1.18. The van der Waals surface area contributed by atoms with Crippen molar-refractivity contribution >= 4 is 40.3 Å². The Morgan fingerprint density at radius 1 is 1.20 bits per heavy atom. The number of hydrogen-bond donors (Lipinski definition) is 0. The molecule has 0 amide bonds. The fourth-order valence-electron chi connectivity index (χ4n) is 0.0146. The Hall–Kier alpha value is 0.974. The molecule has 0 bridgehead atoms. The minimum Gasteiger partial charge on any atom is -0.432 e. The second-order valence-corrected chi connectivity index (χ2v) is 2.31. The molecule has 0 aliphatic heterocycles. The van der Waals surface area contributed by atoms with Crippen LogP contribution in [0, 0.1) is 0 Å². The van der Waals surface area contributed by atoms with Gasteiger partial charge in [0.1, 0.15) is 0 Å². The van der Waals surface area contributed by atoms with Gasteiger partial charge in [-0.05, 0) is 0 Å². The molecule has 0 unspecified atom stereocenters. The maximum absolute atomic E-state index is 5.03. The Labute approximate surface area is 44.9 Å². The topological polar surface area (TPSA) is 9.23 Å². The highest BCUT2D eigenvalue weighted by molar-refractivity contribution is 6.98. The predicted octanol–water partition coefficient (Wildman–Crippen LogP) is 0.549. The van der Waals surface area contributed by atoms with Crippen molar-refractivity contribution in [2.24, 2.45) is 0 Å². The zero-order valence-corrected chi connectivity index (χ0v) is 5.68. The first-order valence-corrected chi connectivity index (χ1v) is 4.63. The zero-order chi connectivity index (χ0) is 4.12. The molecule has 0 aliphatic carbocycles. The Morgan fingerprint density at radius 2 is 1.60 bits per heavy atom. The van der Waals surface area contributed by atoms with Gasteiger partial charge in [0.15, 0.2) is 0 Å². The third-order valence-electron chi connectivity index (χ3n) is 0.0772. The van der Waals surface area contributed by atoms with Crippen LogP contribution in [0.15, 0.2) is 0 Å². The van der Waals surface area contributed by atoms with E-state index in [1.165, 1.54) is 0 Å². The second-order valence-electron chi connectivity index (χ2n) is 0.256. The van der Waals surface area contributed by atoms with E-state index in [2.05, 4.69) is 4.12 Å². The van der Waals surface area contributed by atoms with E-state index in [9.17, 15) is 0 Å². The van der Waals surface area contributed by atoms with Gasteiger partial charge < -0.3 is 4.12 Å². The Balaban J connectivity index is 2.19. The summed E-state index contributed by atoms with van der Waals surface area (Å²) >= 11 is 10.1. The minimum atomic E-state index is 0.0104. The summed E-state index contributed by atoms with van der Waals surface area (Å²) in [6.45, 7) is 0. The van der Waals surface area contributed by atoms with E-state index in [1.54, 1.807) is 0 Å². The van der Waals surface area contributed by atoms with Crippen LogP contribution in [-0.4, -0.2) is 18.1 Å². The van der Waals surface area contributed by atoms with Crippen molar-refractivity contribution < 1.29 is 4.12 Å². The summed E-state index contributed by atoms with van der Waals surface area (Å²) < 4.78 is 4.42. The highest BCUT2D eigenvalue weighted by Gasteiger charge is 1.78. The Bertz CT molecular complexity index is 15.1. The van der Waals surface area contributed by atoms with E-state index in [4.69, 9.17) is 22.2 Å². The molecule has 28 valence electrons. The third-order valence-corrected chi connectivity index (χ3v) is 2.08. The van der Waals surface area contributed by atoms with E-state index in [0.29, 0.717) is 0 Å². The smallest absolute Gasteiger partial charge is 0.345 e. The largest absolute Gasteiger partial charge is 0.432 e. The molecule has 5 heavy (non-hydrogen) atoms. The highest BCUT2D eigenvalue weighted by Crippen LogP contribution is 1.72. The van der Waals surface area contributed by atoms with Gasteiger partial charge in [-0.1, -0.05) is 0 Å². The molecule has 0 atom stereocenters. The monoisotopic (exact) mass is 142 g/mol. The zero-order valence-electron chi connectivity index (χ0n) is 2.16. The van der Waals surface area contributed by atoms with Crippen LogP contribution in [0.1, 0.15) is 0 Å². The van der Waals surface area contributed by atoms with Crippen molar-refractivity contribution in [3.8, 4) is 0 Å². The summed E-state index contributed by atoms with van der Waals surface area (Å²) in [5, 5.41) is 0. The van der Waals surface area contributed by atoms with Crippen LogP contribution < -0.4 is 0 Å². The summed E-state index contributed by atoms with van der Waals surface area (Å²) in [6.07, 6.45) is 0. The molecular weight excluding hydrogens is 143 g/mol. The highest BCUT2D eigenvalue weighted by atomic mass is 35.6. The molecule has 0 fully saturated rings. The van der Waals surface area contributed by atoms with Crippen molar-refractivity contribution in [2.75, 3.05) is 0 Å². The predicted molar refractivity (Wildman–Crippen MR) is 24.3 cm³/mol. The van der Waals surface area contributed by atoms with Crippen LogP contribution in [0.4, 0.5) is 0 Å². The van der Waals surface area contributed by atoms with Crippen LogP contribution in [0.2, 0.25) is 0 Å². The molecule has 0 aromatic rings. The molecule has 1 nitrogen and oxygen atoms in total. The molecule has 5 heteroatoms. The first-order chi connectivity index (χ1) is 2.41. The van der Waals surface area contributed by atoms with Crippen LogP contribution in [-0.2, 0) is 4.12 Å². The van der Waals surface area contributed by atoms with Crippen molar-refractivity contribution in [1.82, 2.24) is 0 Å². The minimum absolute atomic E-state index is 0.0104. The van der Waals surface area contributed by atoms with E-state index >= 15 is 0 Å². The van der Waals surface area contributed by atoms with Gasteiger partial charge in [-0.15, -0.1) is 22.2 Å². The maximum Gasteiger partial charge on any atom is 0.345 e. The molecule has 0 aromatic heterocycles. The molecule has 0 spiro atoms. The lowest BCUT2D eigenvalue weighted by Crippen LogP contribution is -1.88. The average Bonchev–Trinajstić information content (AvgIpc) is 1.41. The van der Waals surface area contributed by atoms with Gasteiger partial charge in [0.2, 0.25) is 0 Å². The fraction of sp³-hybridized carbons (Fsp3) is 0. The lowest BCUT2D eigenvalue weighted by Gasteiger charge is -1.76. The summed E-state index contributed by atoms with van der Waals surface area (Å²) in [5.74, 6) is 0. The van der Waals surface area contributed by atoms with Crippen molar-refractivity contribution in [3.63, 3.8) is 0 Å². The van der Waals surface area contributed by atoms with Crippen molar-refractivity contribution in [2.45, 2.75) is 0 Å². The van der Waals surface area contributed by atoms with Crippen LogP contribution in [0.5, 0.6) is 0 Å². The molecule has 0 aromatic carbocycles. The summed E-state index contributed by atoms with van der Waals surface area (Å²) in [6, 6.07) is 0. The quantitative estimate of drug-likeness (QED) is 0.405. The maximum atomic E-state index is 5.03. The molecule has 0 aliphatic rings. The lowest BCUT2D eigenvalue weighted by atomic mass is 15.8. The van der Waals surface area contributed by atoms with Gasteiger partial charge in [-0.3, -0.25) is 0 Å². The standard InChI is InChI=1S/Cl2OSi2/c1-4-3-5-2. The first kappa shape index (κ1) is 5.97. The van der Waals surface area contributed by atoms with Gasteiger partial charge in [0.25, 0.3) is 0 Å². The molecule has 0 heterocycles. The van der Waals surface area contributed by atoms with Gasteiger partial charge in [0, 0.05) is 0 Å². The summed E-state index contributed by atoms with van der Waals surface area (Å²) in [4.78, 5) is 0. The number of halogens is 2. The molecule has 0 saturated carbocycles. The molecule has 0 rings (SSSR count). The van der Waals surface area contributed by atoms with E-state index < -0.39 is 0 Å². The van der Waals surface area contributed by atoms with Gasteiger partial charge in [0.05, 0.1) is 0 Å². The lowest BCUT2D eigenvalue weighted by molar-refractivity contribution is 0.676. The molecular formula is Cl2OSi2. The summed E-state index contributed by atoms with van der Waals surface area (Å²) in [5.41, 5.74) is 0. The Kier molecular flexibility index (Phi) is 5.94. The summed E-state index contributed by atoms with van der Waals surface area (Å²) in [7, 11) is 0.0208. The van der Waals surface area contributed by atoms with Crippen LogP contribution >= 0.6 is 22.2 Å². The SMILES string of the molecule is Cl[Si]O[Si]Cl. The van der Waals surface area contributed by atoms with Gasteiger partial charge in [-0.2, -0.15) is 0 Å². The van der Waals surface area contributed by atoms with E-state index in [1.807, 2.05) is 0 Å². The average molecular weight is 143 g/mol. The Morgan fingerprint density at radius 3 is 1.60 bits per heavy atom. The van der Waals surface area contributed by atoms with Gasteiger partial charge >= 0.3 is 18.1 Å². The van der Waals surface area contributed by atoms with Gasteiger partial charge in [-0.25, -0.2) is 0 Å². The number of rotatable bonds is 2. The van der Waals surface area contributed by atoms with Crippen molar-refractivity contribution in [3.05, 3.63) is 0 Å². The van der Waals surface area contributed by atoms with Crippen LogP contribution in [0.25, 0.3) is 0 Å². The van der Waals surface area contributed by atoms with Crippen LogP contribution in [0.3, 0.4) is 0 Å². The van der Waals surface area contributed by atoms with E-state index in [-0.39, 0.29) is 18.1 Å². The molecule has 4 radical (unpaired) electrons. The van der Waals surface area contributed by atoms with E-state index in [0.717, 1.165) is 0 Å².